The van der Waals surface area contributed by atoms with E-state index in [2.05, 4.69) is 32.2 Å². The van der Waals surface area contributed by atoms with Crippen LogP contribution >= 0.6 is 0 Å². The molecule has 0 bridgehead atoms. The molecule has 1 aromatic heterocycles. The third kappa shape index (κ3) is 3.73. The van der Waals surface area contributed by atoms with Gasteiger partial charge < -0.3 is 14.5 Å². The maximum absolute atomic E-state index is 12.6. The molecule has 4 heteroatoms. The van der Waals surface area contributed by atoms with E-state index in [1.807, 2.05) is 12.1 Å². The maximum atomic E-state index is 12.6. The van der Waals surface area contributed by atoms with Crippen LogP contribution in [0.2, 0.25) is 0 Å². The summed E-state index contributed by atoms with van der Waals surface area (Å²) in [5.74, 6) is 1.84. The number of carbonyl (C=O) groups excluding carboxylic acids is 1. The first-order valence-corrected chi connectivity index (χ1v) is 10.6. The van der Waals surface area contributed by atoms with Gasteiger partial charge in [0.1, 0.15) is 11.9 Å². The van der Waals surface area contributed by atoms with Crippen molar-refractivity contribution in [1.29, 1.82) is 0 Å². The Labute approximate surface area is 162 Å². The molecule has 27 heavy (non-hydrogen) atoms. The van der Waals surface area contributed by atoms with Crippen molar-refractivity contribution in [3.63, 3.8) is 0 Å². The van der Waals surface area contributed by atoms with Crippen molar-refractivity contribution in [1.82, 2.24) is 5.32 Å². The third-order valence-corrected chi connectivity index (χ3v) is 7.17. The van der Waals surface area contributed by atoms with Crippen molar-refractivity contribution < 1.29 is 13.9 Å². The average Bonchev–Trinajstić information content (AvgIpc) is 3.23. The fraction of sp³-hybridized carbons (Fsp3) is 0.696. The molecule has 4 rings (SSSR count). The van der Waals surface area contributed by atoms with Gasteiger partial charge in [0.15, 0.2) is 0 Å². The lowest BCUT2D eigenvalue weighted by Gasteiger charge is -2.46. The number of fused-ring (bicyclic) bond motifs is 2. The van der Waals surface area contributed by atoms with Crippen molar-refractivity contribution in [2.24, 2.45) is 23.2 Å². The SMILES string of the molecule is CC(CCc1ccco1)NCC1C(=O)OC2CC3(C)CCCC(C)C3=CC21. The number of aryl methyl sites for hydroxylation is 1. The number of furan rings is 1. The predicted molar refractivity (Wildman–Crippen MR) is 105 cm³/mol. The van der Waals surface area contributed by atoms with Gasteiger partial charge in [0.2, 0.25) is 0 Å². The van der Waals surface area contributed by atoms with Crippen molar-refractivity contribution >= 4 is 5.97 Å². The Hall–Kier alpha value is -1.55. The van der Waals surface area contributed by atoms with Crippen LogP contribution in [0.3, 0.4) is 0 Å². The summed E-state index contributed by atoms with van der Waals surface area (Å²) in [5, 5.41) is 3.57. The van der Waals surface area contributed by atoms with Gasteiger partial charge in [0.25, 0.3) is 0 Å². The van der Waals surface area contributed by atoms with Gasteiger partial charge in [0.05, 0.1) is 12.2 Å². The van der Waals surface area contributed by atoms with Crippen LogP contribution in [0, 0.1) is 23.2 Å². The molecule has 1 saturated carbocycles. The Morgan fingerprint density at radius 3 is 3.04 bits per heavy atom. The van der Waals surface area contributed by atoms with Crippen molar-refractivity contribution in [2.75, 3.05) is 6.54 Å². The highest BCUT2D eigenvalue weighted by molar-refractivity contribution is 5.76. The Balaban J connectivity index is 1.39. The van der Waals surface area contributed by atoms with E-state index in [1.165, 1.54) is 19.3 Å². The second kappa shape index (κ2) is 7.46. The molecular formula is C23H33NO3. The number of allylic oxidation sites excluding steroid dienone is 1. The van der Waals surface area contributed by atoms with Gasteiger partial charge in [-0.2, -0.15) is 0 Å². The number of hydrogen-bond acceptors (Lipinski definition) is 4. The van der Waals surface area contributed by atoms with Crippen LogP contribution in [0.15, 0.2) is 34.5 Å². The fourth-order valence-corrected chi connectivity index (χ4v) is 5.53. The van der Waals surface area contributed by atoms with Crippen LogP contribution in [0.4, 0.5) is 0 Å². The molecule has 2 aliphatic carbocycles. The number of esters is 1. The molecule has 2 heterocycles. The molecule has 148 valence electrons. The highest BCUT2D eigenvalue weighted by Crippen LogP contribution is 2.53. The van der Waals surface area contributed by atoms with Crippen LogP contribution < -0.4 is 5.32 Å². The molecule has 4 nitrogen and oxygen atoms in total. The van der Waals surface area contributed by atoms with Crippen molar-refractivity contribution in [2.45, 2.75) is 71.4 Å². The maximum Gasteiger partial charge on any atom is 0.311 e. The van der Waals surface area contributed by atoms with E-state index in [4.69, 9.17) is 9.15 Å². The van der Waals surface area contributed by atoms with Gasteiger partial charge in [-0.3, -0.25) is 4.79 Å². The Kier molecular flexibility index (Phi) is 5.19. The van der Waals surface area contributed by atoms with Crippen LogP contribution in [0.5, 0.6) is 0 Å². The van der Waals surface area contributed by atoms with E-state index in [9.17, 15) is 4.79 Å². The van der Waals surface area contributed by atoms with Crippen molar-refractivity contribution in [3.8, 4) is 0 Å². The standard InChI is InChI=1S/C23H33NO3/c1-15-6-4-10-23(3)13-21-18(12-20(15)23)19(22(25)27-21)14-24-16(2)8-9-17-7-5-11-26-17/h5,7,11-12,15-16,18-19,21,24H,4,6,8-10,13-14H2,1-3H3. The predicted octanol–water partition coefficient (Wildman–Crippen LogP) is 4.50. The molecule has 2 fully saturated rings. The number of carbonyl (C=O) groups is 1. The van der Waals surface area contributed by atoms with Gasteiger partial charge in [-0.25, -0.2) is 0 Å². The molecule has 6 unspecified atom stereocenters. The fourth-order valence-electron chi connectivity index (χ4n) is 5.53. The lowest BCUT2D eigenvalue weighted by molar-refractivity contribution is -0.145. The van der Waals surface area contributed by atoms with Gasteiger partial charge in [-0.15, -0.1) is 0 Å². The smallest absolute Gasteiger partial charge is 0.311 e. The summed E-state index contributed by atoms with van der Waals surface area (Å²) in [4.78, 5) is 12.6. The first-order chi connectivity index (χ1) is 13.0. The third-order valence-electron chi connectivity index (χ3n) is 7.17. The van der Waals surface area contributed by atoms with Crippen molar-refractivity contribution in [3.05, 3.63) is 35.8 Å². The van der Waals surface area contributed by atoms with E-state index in [0.29, 0.717) is 18.5 Å². The summed E-state index contributed by atoms with van der Waals surface area (Å²) in [6, 6.07) is 4.29. The Morgan fingerprint density at radius 2 is 2.26 bits per heavy atom. The second-order valence-electron chi connectivity index (χ2n) is 9.27. The van der Waals surface area contributed by atoms with Gasteiger partial charge >= 0.3 is 5.97 Å². The van der Waals surface area contributed by atoms with Crippen LogP contribution in [0.1, 0.15) is 58.6 Å². The lowest BCUT2D eigenvalue weighted by Crippen LogP contribution is -2.41. The van der Waals surface area contributed by atoms with Crippen LogP contribution in [0.25, 0.3) is 0 Å². The Morgan fingerprint density at radius 1 is 1.41 bits per heavy atom. The van der Waals surface area contributed by atoms with Crippen LogP contribution in [-0.2, 0) is 16.0 Å². The molecule has 0 spiro atoms. The minimum Gasteiger partial charge on any atom is -0.469 e. The zero-order valence-electron chi connectivity index (χ0n) is 16.9. The highest BCUT2D eigenvalue weighted by atomic mass is 16.6. The minimum atomic E-state index is -0.0489. The number of nitrogens with one attached hydrogen (secondary N) is 1. The molecular weight excluding hydrogens is 338 g/mol. The summed E-state index contributed by atoms with van der Waals surface area (Å²) in [6.07, 6.45) is 10.9. The van der Waals surface area contributed by atoms with E-state index < -0.39 is 0 Å². The van der Waals surface area contributed by atoms with E-state index >= 15 is 0 Å². The molecule has 1 saturated heterocycles. The zero-order valence-corrected chi connectivity index (χ0v) is 16.9. The summed E-state index contributed by atoms with van der Waals surface area (Å²) in [7, 11) is 0. The number of hydrogen-bond donors (Lipinski definition) is 1. The van der Waals surface area contributed by atoms with Gasteiger partial charge in [-0.1, -0.05) is 31.9 Å². The highest BCUT2D eigenvalue weighted by Gasteiger charge is 2.51. The summed E-state index contributed by atoms with van der Waals surface area (Å²) in [6.45, 7) is 7.61. The summed E-state index contributed by atoms with van der Waals surface area (Å²) < 4.78 is 11.2. The zero-order chi connectivity index (χ0) is 19.0. The summed E-state index contributed by atoms with van der Waals surface area (Å²) >= 11 is 0. The minimum absolute atomic E-state index is 0.0116. The topological polar surface area (TPSA) is 51.5 Å². The second-order valence-corrected chi connectivity index (χ2v) is 9.27. The molecule has 6 atom stereocenters. The molecule has 0 aromatic carbocycles. The van der Waals surface area contributed by atoms with Gasteiger partial charge in [-0.05, 0) is 56.1 Å². The molecule has 3 aliphatic rings. The largest absolute Gasteiger partial charge is 0.469 e. The lowest BCUT2D eigenvalue weighted by atomic mass is 9.59. The molecule has 1 N–H and O–H groups in total. The van der Waals surface area contributed by atoms with Crippen LogP contribution in [-0.4, -0.2) is 24.7 Å². The number of ether oxygens (including phenoxy) is 1. The van der Waals surface area contributed by atoms with Gasteiger partial charge in [0, 0.05) is 24.9 Å². The average molecular weight is 372 g/mol. The van der Waals surface area contributed by atoms with E-state index in [0.717, 1.165) is 25.0 Å². The Bertz CT molecular complexity index is 694. The first-order valence-electron chi connectivity index (χ1n) is 10.6. The monoisotopic (exact) mass is 371 g/mol. The van der Waals surface area contributed by atoms with E-state index in [-0.39, 0.29) is 29.3 Å². The summed E-state index contributed by atoms with van der Waals surface area (Å²) in [5.41, 5.74) is 1.82. The molecule has 1 aromatic rings. The normalized spacial score (nSPS) is 36.6. The molecule has 0 amide bonds. The quantitative estimate of drug-likeness (QED) is 0.591. The number of rotatable bonds is 6. The van der Waals surface area contributed by atoms with E-state index in [1.54, 1.807) is 11.8 Å². The molecule has 1 aliphatic heterocycles. The molecule has 0 radical (unpaired) electrons. The first kappa shape index (κ1) is 18.8.